The molecule has 152 valence electrons. The summed E-state index contributed by atoms with van der Waals surface area (Å²) < 4.78 is 12.2. The highest BCUT2D eigenvalue weighted by atomic mass is 35.5. The van der Waals surface area contributed by atoms with Crippen LogP contribution in [0.4, 0.5) is 0 Å². The molecule has 0 N–H and O–H groups in total. The molecule has 30 heavy (non-hydrogen) atoms. The van der Waals surface area contributed by atoms with E-state index in [2.05, 4.69) is 0 Å². The van der Waals surface area contributed by atoms with Crippen LogP contribution in [-0.4, -0.2) is 0 Å². The third kappa shape index (κ3) is 3.96. The zero-order valence-electron chi connectivity index (χ0n) is 16.9. The van der Waals surface area contributed by atoms with Gasteiger partial charge in [0, 0.05) is 5.56 Å². The lowest BCUT2D eigenvalue weighted by Gasteiger charge is -2.13. The predicted octanol–water partition coefficient (Wildman–Crippen LogP) is 7.27. The third-order valence-electron chi connectivity index (χ3n) is 5.15. The van der Waals surface area contributed by atoms with Gasteiger partial charge in [-0.25, -0.2) is 0 Å². The molecule has 1 aromatic heterocycles. The second-order valence-electron chi connectivity index (χ2n) is 7.43. The maximum absolute atomic E-state index is 13.4. The number of hydrogen-bond acceptors (Lipinski definition) is 3. The molecule has 0 saturated heterocycles. The Morgan fingerprint density at radius 3 is 2.27 bits per heavy atom. The fourth-order valence-corrected chi connectivity index (χ4v) is 3.56. The van der Waals surface area contributed by atoms with Crippen molar-refractivity contribution in [3.8, 4) is 17.1 Å². The SMILES string of the molecule is Cc1ccc(-c2oc3cc(C)c(C)cc3c(=O)c2OCc2ccc(Cl)c(Cl)c2)cc1. The molecule has 0 amide bonds. The highest BCUT2D eigenvalue weighted by Gasteiger charge is 2.19. The molecule has 4 aromatic rings. The van der Waals surface area contributed by atoms with E-state index in [-0.39, 0.29) is 17.8 Å². The summed E-state index contributed by atoms with van der Waals surface area (Å²) in [5.74, 6) is 0.594. The lowest BCUT2D eigenvalue weighted by atomic mass is 10.0. The van der Waals surface area contributed by atoms with Crippen molar-refractivity contribution >= 4 is 34.2 Å². The second-order valence-corrected chi connectivity index (χ2v) is 8.24. The Bertz CT molecular complexity index is 1310. The monoisotopic (exact) mass is 438 g/mol. The molecule has 4 rings (SSSR count). The van der Waals surface area contributed by atoms with E-state index >= 15 is 0 Å². The lowest BCUT2D eigenvalue weighted by molar-refractivity contribution is 0.298. The molecule has 0 radical (unpaired) electrons. The number of benzene rings is 3. The van der Waals surface area contributed by atoms with E-state index in [1.54, 1.807) is 12.1 Å². The van der Waals surface area contributed by atoms with Gasteiger partial charge in [-0.05, 0) is 61.7 Å². The number of fused-ring (bicyclic) bond motifs is 1. The van der Waals surface area contributed by atoms with Gasteiger partial charge in [0.25, 0.3) is 0 Å². The molecule has 0 spiro atoms. The average Bonchev–Trinajstić information content (AvgIpc) is 2.72. The molecule has 0 aliphatic heterocycles. The van der Waals surface area contributed by atoms with Crippen molar-refractivity contribution in [3.05, 3.63) is 97.1 Å². The Hall–Kier alpha value is -2.75. The number of halogens is 2. The van der Waals surface area contributed by atoms with Crippen LogP contribution in [0, 0.1) is 20.8 Å². The van der Waals surface area contributed by atoms with E-state index in [0.717, 1.165) is 27.8 Å². The molecule has 1 heterocycles. The zero-order chi connectivity index (χ0) is 21.4. The molecule has 0 bridgehead atoms. The van der Waals surface area contributed by atoms with Gasteiger partial charge in [0.05, 0.1) is 15.4 Å². The van der Waals surface area contributed by atoms with Crippen LogP contribution in [0.1, 0.15) is 22.3 Å². The van der Waals surface area contributed by atoms with Crippen molar-refractivity contribution in [3.63, 3.8) is 0 Å². The summed E-state index contributed by atoms with van der Waals surface area (Å²) in [6.45, 7) is 6.14. The van der Waals surface area contributed by atoms with Crippen molar-refractivity contribution in [2.45, 2.75) is 27.4 Å². The van der Waals surface area contributed by atoms with Crippen LogP contribution in [-0.2, 0) is 6.61 Å². The molecule has 3 nitrogen and oxygen atoms in total. The van der Waals surface area contributed by atoms with Crippen molar-refractivity contribution < 1.29 is 9.15 Å². The van der Waals surface area contributed by atoms with E-state index in [1.807, 2.05) is 63.2 Å². The van der Waals surface area contributed by atoms with E-state index in [1.165, 1.54) is 0 Å². The summed E-state index contributed by atoms with van der Waals surface area (Å²) in [5, 5.41) is 1.41. The number of rotatable bonds is 4. The van der Waals surface area contributed by atoms with Gasteiger partial charge in [0.15, 0.2) is 5.76 Å². The van der Waals surface area contributed by atoms with Crippen LogP contribution in [0.3, 0.4) is 0 Å². The Morgan fingerprint density at radius 2 is 1.57 bits per heavy atom. The first-order valence-electron chi connectivity index (χ1n) is 9.55. The van der Waals surface area contributed by atoms with E-state index in [9.17, 15) is 4.79 Å². The van der Waals surface area contributed by atoms with E-state index in [0.29, 0.717) is 26.8 Å². The summed E-state index contributed by atoms with van der Waals surface area (Å²) in [6.07, 6.45) is 0. The summed E-state index contributed by atoms with van der Waals surface area (Å²) in [5.41, 5.74) is 5.13. The van der Waals surface area contributed by atoms with Crippen LogP contribution >= 0.6 is 23.2 Å². The maximum Gasteiger partial charge on any atom is 0.235 e. The van der Waals surface area contributed by atoms with Crippen molar-refractivity contribution in [1.29, 1.82) is 0 Å². The molecular weight excluding hydrogens is 419 g/mol. The summed E-state index contributed by atoms with van der Waals surface area (Å²) in [7, 11) is 0. The number of ether oxygens (including phenoxy) is 1. The Labute approximate surface area is 184 Å². The van der Waals surface area contributed by atoms with Crippen LogP contribution in [0.5, 0.6) is 5.75 Å². The first-order chi connectivity index (χ1) is 14.3. The van der Waals surface area contributed by atoms with Gasteiger partial charge in [0.1, 0.15) is 12.2 Å². The van der Waals surface area contributed by atoms with Crippen LogP contribution in [0.2, 0.25) is 10.0 Å². The minimum atomic E-state index is -0.199. The van der Waals surface area contributed by atoms with E-state index < -0.39 is 0 Å². The van der Waals surface area contributed by atoms with Gasteiger partial charge in [-0.3, -0.25) is 4.79 Å². The number of aryl methyl sites for hydroxylation is 3. The number of hydrogen-bond donors (Lipinski definition) is 0. The summed E-state index contributed by atoms with van der Waals surface area (Å²) >= 11 is 12.1. The molecule has 5 heteroatoms. The normalized spacial score (nSPS) is 11.1. The highest BCUT2D eigenvalue weighted by Crippen LogP contribution is 2.33. The highest BCUT2D eigenvalue weighted by molar-refractivity contribution is 6.42. The minimum absolute atomic E-state index is 0.164. The molecule has 0 fully saturated rings. The fraction of sp³-hybridized carbons (Fsp3) is 0.160. The molecule has 0 aliphatic carbocycles. The predicted molar refractivity (Wildman–Crippen MR) is 123 cm³/mol. The van der Waals surface area contributed by atoms with Gasteiger partial charge in [-0.15, -0.1) is 0 Å². The van der Waals surface area contributed by atoms with Crippen molar-refractivity contribution in [2.24, 2.45) is 0 Å². The zero-order valence-corrected chi connectivity index (χ0v) is 18.4. The summed E-state index contributed by atoms with van der Waals surface area (Å²) in [4.78, 5) is 13.4. The largest absolute Gasteiger partial charge is 0.481 e. The van der Waals surface area contributed by atoms with Gasteiger partial charge >= 0.3 is 0 Å². The van der Waals surface area contributed by atoms with Gasteiger partial charge < -0.3 is 9.15 Å². The van der Waals surface area contributed by atoms with Gasteiger partial charge in [-0.2, -0.15) is 0 Å². The Balaban J connectivity index is 1.86. The van der Waals surface area contributed by atoms with Gasteiger partial charge in [-0.1, -0.05) is 59.1 Å². The fourth-order valence-electron chi connectivity index (χ4n) is 3.24. The standard InChI is InChI=1S/C25H20Cl2O3/c1-14-4-7-18(8-5-14)24-25(29-13-17-6-9-20(26)21(27)12-17)23(28)19-10-15(2)16(3)11-22(19)30-24/h4-12H,13H2,1-3H3. The average molecular weight is 439 g/mol. The molecule has 0 atom stereocenters. The summed E-state index contributed by atoms with van der Waals surface area (Å²) in [6, 6.07) is 16.8. The van der Waals surface area contributed by atoms with E-state index in [4.69, 9.17) is 32.4 Å². The van der Waals surface area contributed by atoms with Crippen molar-refractivity contribution in [2.75, 3.05) is 0 Å². The molecule has 3 aromatic carbocycles. The minimum Gasteiger partial charge on any atom is -0.481 e. The van der Waals surface area contributed by atoms with Crippen LogP contribution in [0.15, 0.2) is 63.8 Å². The molecule has 0 aliphatic rings. The van der Waals surface area contributed by atoms with Crippen LogP contribution < -0.4 is 10.2 Å². The first-order valence-corrected chi connectivity index (χ1v) is 10.3. The smallest absolute Gasteiger partial charge is 0.235 e. The molecular formula is C25H20Cl2O3. The first kappa shape index (κ1) is 20.5. The molecule has 0 saturated carbocycles. The topological polar surface area (TPSA) is 39.4 Å². The second kappa shape index (κ2) is 8.17. The Kier molecular flexibility index (Phi) is 5.59. The molecule has 0 unspecified atom stereocenters. The van der Waals surface area contributed by atoms with Crippen LogP contribution in [0.25, 0.3) is 22.3 Å². The lowest BCUT2D eigenvalue weighted by Crippen LogP contribution is -2.10. The van der Waals surface area contributed by atoms with Crippen molar-refractivity contribution in [1.82, 2.24) is 0 Å². The third-order valence-corrected chi connectivity index (χ3v) is 5.88. The Morgan fingerprint density at radius 1 is 0.867 bits per heavy atom. The quantitative estimate of drug-likeness (QED) is 0.336. The van der Waals surface area contributed by atoms with Gasteiger partial charge in [0.2, 0.25) is 11.2 Å². The maximum atomic E-state index is 13.4.